The second-order valence-corrected chi connectivity index (χ2v) is 5.27. The van der Waals surface area contributed by atoms with E-state index in [2.05, 4.69) is 15.1 Å². The lowest BCUT2D eigenvalue weighted by atomic mass is 10.1. The van der Waals surface area contributed by atoms with Gasteiger partial charge in [0.1, 0.15) is 18.7 Å². The Bertz CT molecular complexity index is 984. The Morgan fingerprint density at radius 1 is 1.35 bits per heavy atom. The van der Waals surface area contributed by atoms with E-state index in [0.717, 1.165) is 0 Å². The van der Waals surface area contributed by atoms with E-state index in [1.54, 1.807) is 0 Å². The molecule has 2 aromatic heterocycles. The molecule has 0 fully saturated rings. The zero-order valence-electron chi connectivity index (χ0n) is 14.1. The molecule has 0 spiro atoms. The van der Waals surface area contributed by atoms with Crippen molar-refractivity contribution >= 4 is 17.4 Å². The number of aromatic nitrogens is 4. The summed E-state index contributed by atoms with van der Waals surface area (Å²) < 4.78 is 12.0. The molecule has 0 aliphatic rings. The molecule has 1 aromatic carbocycles. The number of fused-ring (bicyclic) bond motifs is 1. The Hall–Kier alpha value is -3.56. The van der Waals surface area contributed by atoms with Gasteiger partial charge >= 0.3 is 5.97 Å². The van der Waals surface area contributed by atoms with E-state index in [1.165, 1.54) is 42.3 Å². The molecule has 0 aliphatic carbocycles. The molecule has 0 radical (unpaired) electrons. The van der Waals surface area contributed by atoms with Crippen molar-refractivity contribution < 1.29 is 19.2 Å². The Morgan fingerprint density at radius 3 is 2.85 bits per heavy atom. The standard InChI is InChI=1S/C16H15N5O5/c1-3-13-12(7-17-16-18-9-19-20(13)16)15(22)26-8-10-6-11(21(23)24)4-5-14(10)25-2/h4-7,9H,3,8H2,1-2H3. The molecular weight excluding hydrogens is 342 g/mol. The van der Waals surface area contributed by atoms with Crippen molar-refractivity contribution in [1.29, 1.82) is 0 Å². The van der Waals surface area contributed by atoms with Crippen molar-refractivity contribution in [3.63, 3.8) is 0 Å². The summed E-state index contributed by atoms with van der Waals surface area (Å²) in [5.41, 5.74) is 1.15. The Balaban J connectivity index is 1.85. The maximum absolute atomic E-state index is 12.5. The maximum Gasteiger partial charge on any atom is 0.341 e. The Labute approximate surface area is 147 Å². The minimum Gasteiger partial charge on any atom is -0.496 e. The number of hydrogen-bond acceptors (Lipinski definition) is 8. The lowest BCUT2D eigenvalue weighted by Gasteiger charge is -2.11. The molecule has 0 aliphatic heterocycles. The van der Waals surface area contributed by atoms with Crippen LogP contribution in [0.2, 0.25) is 0 Å². The number of hydrogen-bond donors (Lipinski definition) is 0. The molecule has 0 bridgehead atoms. The summed E-state index contributed by atoms with van der Waals surface area (Å²) in [4.78, 5) is 30.9. The number of nitro groups is 1. The molecule has 0 amide bonds. The first-order valence-corrected chi connectivity index (χ1v) is 7.71. The molecule has 10 heteroatoms. The smallest absolute Gasteiger partial charge is 0.341 e. The molecule has 10 nitrogen and oxygen atoms in total. The van der Waals surface area contributed by atoms with Crippen molar-refractivity contribution in [1.82, 2.24) is 19.6 Å². The van der Waals surface area contributed by atoms with Crippen molar-refractivity contribution in [3.05, 3.63) is 57.7 Å². The number of ether oxygens (including phenoxy) is 2. The predicted molar refractivity (Wildman–Crippen MR) is 88.9 cm³/mol. The number of nitro benzene ring substituents is 1. The van der Waals surface area contributed by atoms with E-state index in [9.17, 15) is 14.9 Å². The molecule has 0 atom stereocenters. The fourth-order valence-electron chi connectivity index (χ4n) is 2.55. The van der Waals surface area contributed by atoms with Gasteiger partial charge in [0.05, 0.1) is 23.3 Å². The number of aryl methyl sites for hydroxylation is 1. The fraction of sp³-hybridized carbons (Fsp3) is 0.250. The Morgan fingerprint density at radius 2 is 2.15 bits per heavy atom. The third kappa shape index (κ3) is 3.16. The van der Waals surface area contributed by atoms with Crippen molar-refractivity contribution in [2.45, 2.75) is 20.0 Å². The quantitative estimate of drug-likeness (QED) is 0.373. The SMILES string of the molecule is CCc1c(C(=O)OCc2cc([N+](=O)[O-])ccc2OC)cnc2ncnn12. The first-order valence-electron chi connectivity index (χ1n) is 7.71. The van der Waals surface area contributed by atoms with Gasteiger partial charge in [-0.25, -0.2) is 14.3 Å². The van der Waals surface area contributed by atoms with Crippen molar-refractivity contribution in [2.24, 2.45) is 0 Å². The second-order valence-electron chi connectivity index (χ2n) is 5.27. The van der Waals surface area contributed by atoms with Gasteiger partial charge in [-0.2, -0.15) is 10.1 Å². The van der Waals surface area contributed by atoms with Gasteiger partial charge in [-0.15, -0.1) is 0 Å². The van der Waals surface area contributed by atoms with Gasteiger partial charge in [0.15, 0.2) is 0 Å². The molecule has 2 heterocycles. The lowest BCUT2D eigenvalue weighted by molar-refractivity contribution is -0.385. The molecule has 0 N–H and O–H groups in total. The monoisotopic (exact) mass is 357 g/mol. The van der Waals surface area contributed by atoms with Crippen LogP contribution in [-0.4, -0.2) is 37.6 Å². The first kappa shape index (κ1) is 17.3. The maximum atomic E-state index is 12.5. The Kier molecular flexibility index (Phi) is 4.74. The van der Waals surface area contributed by atoms with Gasteiger partial charge in [0.2, 0.25) is 0 Å². The van der Waals surface area contributed by atoms with E-state index in [-0.39, 0.29) is 17.9 Å². The highest BCUT2D eigenvalue weighted by molar-refractivity contribution is 5.90. The minimum atomic E-state index is -0.611. The van der Waals surface area contributed by atoms with Crippen LogP contribution in [0.1, 0.15) is 28.5 Å². The topological polar surface area (TPSA) is 122 Å². The van der Waals surface area contributed by atoms with Gasteiger partial charge in [-0.3, -0.25) is 10.1 Å². The van der Waals surface area contributed by atoms with Crippen LogP contribution in [0.5, 0.6) is 5.75 Å². The van der Waals surface area contributed by atoms with E-state index >= 15 is 0 Å². The number of carbonyl (C=O) groups is 1. The highest BCUT2D eigenvalue weighted by atomic mass is 16.6. The average molecular weight is 357 g/mol. The number of nitrogens with zero attached hydrogens (tertiary/aromatic N) is 5. The van der Waals surface area contributed by atoms with Crippen LogP contribution in [-0.2, 0) is 17.8 Å². The summed E-state index contributed by atoms with van der Waals surface area (Å²) in [6, 6.07) is 4.09. The molecule has 3 rings (SSSR count). The van der Waals surface area contributed by atoms with Gasteiger partial charge in [0, 0.05) is 23.9 Å². The summed E-state index contributed by atoms with van der Waals surface area (Å²) in [6.07, 6.45) is 3.26. The van der Waals surface area contributed by atoms with Crippen LogP contribution < -0.4 is 4.74 Å². The number of carbonyl (C=O) groups excluding carboxylic acids is 1. The summed E-state index contributed by atoms with van der Waals surface area (Å²) >= 11 is 0. The molecule has 134 valence electrons. The third-order valence-electron chi connectivity index (χ3n) is 3.79. The molecule has 3 aromatic rings. The van der Waals surface area contributed by atoms with Gasteiger partial charge < -0.3 is 9.47 Å². The highest BCUT2D eigenvalue weighted by Crippen LogP contribution is 2.25. The number of non-ortho nitro benzene ring substituents is 1. The summed E-state index contributed by atoms with van der Waals surface area (Å²) in [5, 5.41) is 15.0. The molecule has 0 saturated carbocycles. The third-order valence-corrected chi connectivity index (χ3v) is 3.79. The number of esters is 1. The van der Waals surface area contributed by atoms with Gasteiger partial charge in [-0.1, -0.05) is 6.92 Å². The number of benzene rings is 1. The number of rotatable bonds is 6. The first-order chi connectivity index (χ1) is 12.5. The van der Waals surface area contributed by atoms with Crippen molar-refractivity contribution in [3.8, 4) is 5.75 Å². The predicted octanol–water partition coefficient (Wildman–Crippen LogP) is 1.96. The summed E-state index contributed by atoms with van der Waals surface area (Å²) in [5.74, 6) is 0.169. The van der Waals surface area contributed by atoms with Gasteiger partial charge in [-0.05, 0) is 12.5 Å². The van der Waals surface area contributed by atoms with Crippen LogP contribution >= 0.6 is 0 Å². The van der Waals surface area contributed by atoms with Crippen LogP contribution in [0.15, 0.2) is 30.7 Å². The second kappa shape index (κ2) is 7.13. The van der Waals surface area contributed by atoms with Crippen LogP contribution in [0.25, 0.3) is 5.78 Å². The summed E-state index contributed by atoms with van der Waals surface area (Å²) in [7, 11) is 1.43. The van der Waals surface area contributed by atoms with Gasteiger partial charge in [0.25, 0.3) is 11.5 Å². The van der Waals surface area contributed by atoms with Crippen LogP contribution in [0, 0.1) is 10.1 Å². The van der Waals surface area contributed by atoms with E-state index < -0.39 is 10.9 Å². The zero-order valence-corrected chi connectivity index (χ0v) is 14.1. The van der Waals surface area contributed by atoms with Crippen molar-refractivity contribution in [2.75, 3.05) is 7.11 Å². The number of methoxy groups -OCH3 is 1. The molecule has 26 heavy (non-hydrogen) atoms. The average Bonchev–Trinajstić information content (AvgIpc) is 3.13. The van der Waals surface area contributed by atoms with E-state index in [1.807, 2.05) is 6.92 Å². The van der Waals surface area contributed by atoms with E-state index in [0.29, 0.717) is 29.2 Å². The largest absolute Gasteiger partial charge is 0.496 e. The highest BCUT2D eigenvalue weighted by Gasteiger charge is 2.19. The van der Waals surface area contributed by atoms with Crippen LogP contribution in [0.3, 0.4) is 0 Å². The van der Waals surface area contributed by atoms with Crippen LogP contribution in [0.4, 0.5) is 5.69 Å². The molecule has 0 saturated heterocycles. The zero-order chi connectivity index (χ0) is 18.7. The lowest BCUT2D eigenvalue weighted by Crippen LogP contribution is -2.13. The summed E-state index contributed by atoms with van der Waals surface area (Å²) in [6.45, 7) is 1.69. The normalized spacial score (nSPS) is 10.7. The minimum absolute atomic E-state index is 0.114. The molecule has 0 unspecified atom stereocenters. The fourth-order valence-corrected chi connectivity index (χ4v) is 2.55. The molecular formula is C16H15N5O5. The van der Waals surface area contributed by atoms with E-state index in [4.69, 9.17) is 9.47 Å².